The molecule has 4 aliphatic rings. The van der Waals surface area contributed by atoms with E-state index in [-0.39, 0.29) is 5.41 Å². The van der Waals surface area contributed by atoms with Gasteiger partial charge in [0.1, 0.15) is 0 Å². The first-order valence-electron chi connectivity index (χ1n) is 10.9. The molecule has 1 aliphatic heterocycles. The number of ketones is 1. The van der Waals surface area contributed by atoms with Gasteiger partial charge in [-0.2, -0.15) is 0 Å². The average molecular weight is 367 g/mol. The van der Waals surface area contributed by atoms with Crippen LogP contribution in [0.3, 0.4) is 0 Å². The van der Waals surface area contributed by atoms with Crippen LogP contribution in [0.2, 0.25) is 0 Å². The summed E-state index contributed by atoms with van der Waals surface area (Å²) < 4.78 is 0. The molecule has 1 spiro atoms. The topological polar surface area (TPSA) is 23.6 Å². The Morgan fingerprint density at radius 2 is 2.04 bits per heavy atom. The van der Waals surface area contributed by atoms with Crippen LogP contribution >= 0.6 is 0 Å². The molecule has 0 amide bonds. The molecule has 4 rings (SSSR count). The van der Waals surface area contributed by atoms with Gasteiger partial charge in [0.25, 0.3) is 0 Å². The predicted molar refractivity (Wildman–Crippen MR) is 112 cm³/mol. The molecule has 1 saturated carbocycles. The van der Waals surface area contributed by atoms with Gasteiger partial charge in [0.2, 0.25) is 0 Å². The van der Waals surface area contributed by atoms with Crippen LogP contribution in [0.4, 0.5) is 0 Å². The Hall–Kier alpha value is -1.45. The van der Waals surface area contributed by atoms with Crippen LogP contribution in [0.15, 0.2) is 47.1 Å². The third-order valence-electron chi connectivity index (χ3n) is 7.21. The third kappa shape index (κ3) is 3.64. The maximum Gasteiger partial charge on any atom is 0.176 e. The zero-order valence-corrected chi connectivity index (χ0v) is 17.0. The van der Waals surface area contributed by atoms with Gasteiger partial charge < -0.3 is 4.90 Å². The molecule has 27 heavy (non-hydrogen) atoms. The molecule has 2 fully saturated rings. The quantitative estimate of drug-likeness (QED) is 0.747. The van der Waals surface area contributed by atoms with Crippen LogP contribution in [0, 0.1) is 11.3 Å². The molecule has 0 radical (unpaired) electrons. The van der Waals surface area contributed by atoms with Crippen molar-refractivity contribution in [1.82, 2.24) is 9.80 Å². The van der Waals surface area contributed by atoms with Gasteiger partial charge in [-0.05, 0) is 45.1 Å². The summed E-state index contributed by atoms with van der Waals surface area (Å²) in [7, 11) is 2.16. The van der Waals surface area contributed by atoms with E-state index in [9.17, 15) is 4.79 Å². The minimum Gasteiger partial charge on any atom is -0.304 e. The maximum atomic E-state index is 13.1. The predicted octanol–water partition coefficient (Wildman–Crippen LogP) is 4.14. The number of carbonyl (C=O) groups is 1. The summed E-state index contributed by atoms with van der Waals surface area (Å²) in [6.45, 7) is 6.99. The first-order valence-corrected chi connectivity index (χ1v) is 10.9. The van der Waals surface area contributed by atoms with Gasteiger partial charge in [0.05, 0.1) is 6.54 Å². The Kier molecular flexibility index (Phi) is 5.52. The minimum absolute atomic E-state index is 0.194. The lowest BCUT2D eigenvalue weighted by Crippen LogP contribution is -2.46. The Balaban J connectivity index is 1.56. The van der Waals surface area contributed by atoms with Crippen molar-refractivity contribution < 1.29 is 4.79 Å². The Morgan fingerprint density at radius 3 is 2.81 bits per heavy atom. The van der Waals surface area contributed by atoms with E-state index in [1.54, 1.807) is 5.57 Å². The molecular weight excluding hydrogens is 332 g/mol. The molecule has 3 heteroatoms. The third-order valence-corrected chi connectivity index (χ3v) is 7.21. The Labute approximate surface area is 164 Å². The molecule has 3 nitrogen and oxygen atoms in total. The Bertz CT molecular complexity index is 706. The minimum atomic E-state index is 0.194. The summed E-state index contributed by atoms with van der Waals surface area (Å²) in [6.07, 6.45) is 18.8. The summed E-state index contributed by atoms with van der Waals surface area (Å²) in [6, 6.07) is 0. The second-order valence-corrected chi connectivity index (χ2v) is 8.85. The van der Waals surface area contributed by atoms with Crippen LogP contribution in [-0.2, 0) is 4.79 Å². The van der Waals surface area contributed by atoms with Crippen molar-refractivity contribution in [2.75, 3.05) is 39.8 Å². The standard InChI is InChI=1S/C24H34N2O/c1-3-19-7-6-9-21-8-4-5-11-24(21)12-10-20(17-22(19)24)23(27)18-26-15-13-25(2)14-16-26/h6-7,9-10,17,19H,3-5,8,11-16,18H2,1-2H3. The fourth-order valence-electron chi connectivity index (χ4n) is 5.44. The van der Waals surface area contributed by atoms with E-state index in [0.29, 0.717) is 18.2 Å². The normalized spacial score (nSPS) is 31.9. The summed E-state index contributed by atoms with van der Waals surface area (Å²) in [5.74, 6) is 0.781. The van der Waals surface area contributed by atoms with Crippen molar-refractivity contribution in [3.63, 3.8) is 0 Å². The van der Waals surface area contributed by atoms with Crippen LogP contribution in [0.25, 0.3) is 0 Å². The van der Waals surface area contributed by atoms with Crippen molar-refractivity contribution in [3.8, 4) is 0 Å². The van der Waals surface area contributed by atoms with Crippen LogP contribution in [-0.4, -0.2) is 55.4 Å². The lowest BCUT2D eigenvalue weighted by molar-refractivity contribution is -0.116. The molecular formula is C24H34N2O. The van der Waals surface area contributed by atoms with E-state index >= 15 is 0 Å². The summed E-state index contributed by atoms with van der Waals surface area (Å²) >= 11 is 0. The zero-order chi connectivity index (χ0) is 18.9. The molecule has 3 aliphatic carbocycles. The number of allylic oxidation sites excluding steroid dienone is 7. The van der Waals surface area contributed by atoms with Gasteiger partial charge >= 0.3 is 0 Å². The van der Waals surface area contributed by atoms with E-state index in [4.69, 9.17) is 0 Å². The monoisotopic (exact) mass is 366 g/mol. The van der Waals surface area contributed by atoms with Gasteiger partial charge in [-0.1, -0.05) is 54.9 Å². The smallest absolute Gasteiger partial charge is 0.176 e. The van der Waals surface area contributed by atoms with Crippen LogP contribution in [0.5, 0.6) is 0 Å². The van der Waals surface area contributed by atoms with Gasteiger partial charge in [-0.15, -0.1) is 0 Å². The highest BCUT2D eigenvalue weighted by Crippen LogP contribution is 2.55. The molecule has 146 valence electrons. The molecule has 2 unspecified atom stereocenters. The molecule has 1 heterocycles. The zero-order valence-electron chi connectivity index (χ0n) is 17.0. The largest absolute Gasteiger partial charge is 0.304 e. The van der Waals surface area contributed by atoms with E-state index in [1.807, 2.05) is 0 Å². The van der Waals surface area contributed by atoms with Crippen molar-refractivity contribution >= 4 is 5.78 Å². The summed E-state index contributed by atoms with van der Waals surface area (Å²) in [5.41, 5.74) is 4.29. The number of nitrogens with zero attached hydrogens (tertiary/aromatic N) is 2. The van der Waals surface area contributed by atoms with Gasteiger partial charge in [-0.25, -0.2) is 0 Å². The fourth-order valence-corrected chi connectivity index (χ4v) is 5.44. The molecule has 0 N–H and O–H groups in total. The van der Waals surface area contributed by atoms with Gasteiger partial charge in [0.15, 0.2) is 5.78 Å². The maximum absolute atomic E-state index is 13.1. The number of hydrogen-bond acceptors (Lipinski definition) is 3. The number of likely N-dealkylation sites (N-methyl/N-ethyl adjacent to an activating group) is 1. The number of carbonyl (C=O) groups excluding carboxylic acids is 1. The molecule has 0 aromatic rings. The highest BCUT2D eigenvalue weighted by atomic mass is 16.1. The van der Waals surface area contributed by atoms with Crippen LogP contribution < -0.4 is 0 Å². The van der Waals surface area contributed by atoms with Gasteiger partial charge in [0, 0.05) is 37.2 Å². The number of Topliss-reactive ketones (excluding diaryl/α,β-unsaturated/α-hetero) is 1. The number of rotatable bonds is 4. The van der Waals surface area contributed by atoms with Crippen molar-refractivity contribution in [2.24, 2.45) is 11.3 Å². The number of piperazine rings is 1. The van der Waals surface area contributed by atoms with Crippen molar-refractivity contribution in [3.05, 3.63) is 47.1 Å². The Morgan fingerprint density at radius 1 is 1.22 bits per heavy atom. The molecule has 0 bridgehead atoms. The summed E-state index contributed by atoms with van der Waals surface area (Å²) in [5, 5.41) is 0. The van der Waals surface area contributed by atoms with Crippen molar-refractivity contribution in [1.29, 1.82) is 0 Å². The SMILES string of the molecule is CCC1C=CC=C2CCCCC23CC=C(C(=O)CN2CCN(C)CC2)C=C13. The highest BCUT2D eigenvalue weighted by Gasteiger charge is 2.43. The first kappa shape index (κ1) is 18.9. The van der Waals surface area contributed by atoms with Crippen molar-refractivity contribution in [2.45, 2.75) is 45.4 Å². The van der Waals surface area contributed by atoms with Crippen LogP contribution in [0.1, 0.15) is 45.4 Å². The van der Waals surface area contributed by atoms with E-state index in [0.717, 1.165) is 44.6 Å². The highest BCUT2D eigenvalue weighted by molar-refractivity contribution is 6.00. The lowest BCUT2D eigenvalue weighted by atomic mass is 9.59. The van der Waals surface area contributed by atoms with Gasteiger partial charge in [-0.3, -0.25) is 9.69 Å². The second kappa shape index (κ2) is 7.89. The molecule has 0 aromatic carbocycles. The second-order valence-electron chi connectivity index (χ2n) is 8.85. The fraction of sp³-hybridized carbons (Fsp3) is 0.625. The lowest BCUT2D eigenvalue weighted by Gasteiger charge is -2.45. The molecule has 0 aromatic heterocycles. The molecule has 1 saturated heterocycles. The van der Waals surface area contributed by atoms with E-state index in [1.165, 1.54) is 31.3 Å². The average Bonchev–Trinajstić information content (AvgIpc) is 2.85. The van der Waals surface area contributed by atoms with E-state index in [2.05, 4.69) is 54.2 Å². The van der Waals surface area contributed by atoms with E-state index < -0.39 is 0 Å². The summed E-state index contributed by atoms with van der Waals surface area (Å²) in [4.78, 5) is 17.7. The number of hydrogen-bond donors (Lipinski definition) is 0. The molecule has 2 atom stereocenters. The first-order chi connectivity index (χ1) is 13.1.